The summed E-state index contributed by atoms with van der Waals surface area (Å²) in [5.41, 5.74) is 5.42. The van der Waals surface area contributed by atoms with Crippen molar-refractivity contribution >= 4 is 11.3 Å². The largest absolute Gasteiger partial charge is 0.309 e. The lowest BCUT2D eigenvalue weighted by molar-refractivity contribution is 0.532. The first kappa shape index (κ1) is 16.2. The fourth-order valence-electron chi connectivity index (χ4n) is 2.82. The molecule has 1 N–H and O–H groups in total. The van der Waals surface area contributed by atoms with E-state index in [2.05, 4.69) is 63.1 Å². The van der Waals surface area contributed by atoms with Crippen LogP contribution < -0.4 is 5.32 Å². The fourth-order valence-corrected chi connectivity index (χ4v) is 3.82. The molecule has 0 aliphatic carbocycles. The van der Waals surface area contributed by atoms with Gasteiger partial charge >= 0.3 is 0 Å². The normalized spacial score (nSPS) is 12.6. The maximum Gasteiger partial charge on any atom is 0.0900 e. The topological polar surface area (TPSA) is 24.9 Å². The van der Waals surface area contributed by atoms with Gasteiger partial charge in [-0.3, -0.25) is 0 Å². The number of thiazole rings is 1. The molecule has 0 spiro atoms. The van der Waals surface area contributed by atoms with Crippen LogP contribution in [-0.4, -0.2) is 11.5 Å². The quantitative estimate of drug-likeness (QED) is 0.839. The second kappa shape index (κ2) is 7.19. The van der Waals surface area contributed by atoms with Crippen LogP contribution in [0.3, 0.4) is 0 Å². The molecule has 1 unspecified atom stereocenters. The molecule has 0 saturated carbocycles. The number of hydrogen-bond donors (Lipinski definition) is 1. The number of rotatable bonds is 6. The minimum atomic E-state index is 0.371. The van der Waals surface area contributed by atoms with Crippen molar-refractivity contribution in [1.29, 1.82) is 0 Å². The van der Waals surface area contributed by atoms with E-state index in [1.165, 1.54) is 27.3 Å². The lowest BCUT2D eigenvalue weighted by Crippen LogP contribution is -2.24. The summed E-state index contributed by atoms with van der Waals surface area (Å²) < 4.78 is 0. The van der Waals surface area contributed by atoms with Crippen LogP contribution in [0, 0.1) is 27.7 Å². The average Bonchev–Trinajstić information content (AvgIpc) is 2.76. The van der Waals surface area contributed by atoms with E-state index in [0.717, 1.165) is 24.4 Å². The van der Waals surface area contributed by atoms with Gasteiger partial charge in [-0.2, -0.15) is 0 Å². The number of hydrogen-bond acceptors (Lipinski definition) is 3. The molecule has 0 saturated heterocycles. The third-order valence-electron chi connectivity index (χ3n) is 3.95. The van der Waals surface area contributed by atoms with Gasteiger partial charge in [0.15, 0.2) is 0 Å². The summed E-state index contributed by atoms with van der Waals surface area (Å²) in [4.78, 5) is 6.00. The number of benzene rings is 1. The Hall–Kier alpha value is -1.19. The second-order valence-corrected chi connectivity index (χ2v) is 7.00. The van der Waals surface area contributed by atoms with E-state index in [4.69, 9.17) is 0 Å². The number of nitrogens with zero attached hydrogens (tertiary/aromatic N) is 1. The van der Waals surface area contributed by atoms with Gasteiger partial charge in [0.05, 0.1) is 10.7 Å². The van der Waals surface area contributed by atoms with Crippen LogP contribution in [0.2, 0.25) is 0 Å². The third kappa shape index (κ3) is 3.92. The molecule has 0 fully saturated rings. The highest BCUT2D eigenvalue weighted by Gasteiger charge is 2.19. The van der Waals surface area contributed by atoms with Crippen molar-refractivity contribution in [2.75, 3.05) is 6.54 Å². The zero-order chi connectivity index (χ0) is 15.4. The van der Waals surface area contributed by atoms with E-state index in [1.54, 1.807) is 0 Å². The highest BCUT2D eigenvalue weighted by molar-refractivity contribution is 7.11. The number of nitrogens with one attached hydrogen (secondary N) is 1. The minimum Gasteiger partial charge on any atom is -0.309 e. The molecule has 1 atom stereocenters. The van der Waals surface area contributed by atoms with Gasteiger partial charge in [-0.1, -0.05) is 25.1 Å². The first-order chi connectivity index (χ1) is 10.0. The third-order valence-corrected chi connectivity index (χ3v) is 5.14. The lowest BCUT2D eigenvalue weighted by atomic mass is 9.95. The molecule has 2 rings (SSSR count). The van der Waals surface area contributed by atoms with Crippen LogP contribution in [-0.2, 0) is 6.42 Å². The highest BCUT2D eigenvalue weighted by atomic mass is 32.1. The van der Waals surface area contributed by atoms with E-state index in [0.29, 0.717) is 6.04 Å². The van der Waals surface area contributed by atoms with Crippen LogP contribution >= 0.6 is 11.3 Å². The van der Waals surface area contributed by atoms with Crippen LogP contribution in [0.15, 0.2) is 18.2 Å². The molecule has 21 heavy (non-hydrogen) atoms. The Bertz CT molecular complexity index is 581. The molecule has 0 aliphatic rings. The maximum atomic E-state index is 4.61. The average molecular weight is 302 g/mol. The van der Waals surface area contributed by atoms with Gasteiger partial charge in [0.25, 0.3) is 0 Å². The van der Waals surface area contributed by atoms with Crippen molar-refractivity contribution in [3.8, 4) is 0 Å². The first-order valence-electron chi connectivity index (χ1n) is 7.75. The Morgan fingerprint density at radius 1 is 1.14 bits per heavy atom. The molecule has 114 valence electrons. The Kier molecular flexibility index (Phi) is 5.54. The summed E-state index contributed by atoms with van der Waals surface area (Å²) in [5.74, 6) is 0. The summed E-state index contributed by atoms with van der Waals surface area (Å²) in [6.45, 7) is 11.9. The summed E-state index contributed by atoms with van der Waals surface area (Å²) in [6.07, 6.45) is 2.20. The van der Waals surface area contributed by atoms with Crippen LogP contribution in [0.1, 0.15) is 51.7 Å². The Balaban J connectivity index is 2.30. The predicted octanol–water partition coefficient (Wildman–Crippen LogP) is 4.66. The number of aryl methyl sites for hydroxylation is 4. The molecular formula is C18H26N2S. The smallest absolute Gasteiger partial charge is 0.0900 e. The molecule has 1 heterocycles. The van der Waals surface area contributed by atoms with Gasteiger partial charge in [0.1, 0.15) is 0 Å². The molecule has 0 amide bonds. The maximum absolute atomic E-state index is 4.61. The van der Waals surface area contributed by atoms with Crippen LogP contribution in [0.4, 0.5) is 0 Å². The highest BCUT2D eigenvalue weighted by Crippen LogP contribution is 2.29. The summed E-state index contributed by atoms with van der Waals surface area (Å²) in [6, 6.07) is 6.94. The second-order valence-electron chi connectivity index (χ2n) is 5.76. The van der Waals surface area contributed by atoms with Crippen molar-refractivity contribution in [2.24, 2.45) is 0 Å². The predicted molar refractivity (Wildman–Crippen MR) is 92.2 cm³/mol. The van der Waals surface area contributed by atoms with Crippen molar-refractivity contribution in [2.45, 2.75) is 53.5 Å². The van der Waals surface area contributed by atoms with E-state index in [-0.39, 0.29) is 0 Å². The molecule has 2 aromatic rings. The van der Waals surface area contributed by atoms with E-state index >= 15 is 0 Å². The molecule has 0 radical (unpaired) electrons. The molecule has 2 nitrogen and oxygen atoms in total. The van der Waals surface area contributed by atoms with Gasteiger partial charge < -0.3 is 5.32 Å². The SMILES string of the molecule is CCCNC(Cc1c(C)cccc1C)c1sc(C)nc1C. The zero-order valence-electron chi connectivity index (χ0n) is 13.8. The Morgan fingerprint density at radius 2 is 1.81 bits per heavy atom. The molecule has 3 heteroatoms. The molecular weight excluding hydrogens is 276 g/mol. The van der Waals surface area contributed by atoms with Gasteiger partial charge in [-0.05, 0) is 63.8 Å². The van der Waals surface area contributed by atoms with Crippen molar-refractivity contribution in [3.05, 3.63) is 50.5 Å². The van der Waals surface area contributed by atoms with E-state index in [9.17, 15) is 0 Å². The van der Waals surface area contributed by atoms with Crippen molar-refractivity contribution in [3.63, 3.8) is 0 Å². The van der Waals surface area contributed by atoms with Gasteiger partial charge in [-0.25, -0.2) is 4.98 Å². The summed E-state index contributed by atoms with van der Waals surface area (Å²) >= 11 is 1.83. The first-order valence-corrected chi connectivity index (χ1v) is 8.57. The monoisotopic (exact) mass is 302 g/mol. The van der Waals surface area contributed by atoms with E-state index in [1.807, 2.05) is 11.3 Å². The fraction of sp³-hybridized carbons (Fsp3) is 0.500. The van der Waals surface area contributed by atoms with Gasteiger partial charge in [-0.15, -0.1) is 11.3 Å². The molecule has 0 bridgehead atoms. The minimum absolute atomic E-state index is 0.371. The van der Waals surface area contributed by atoms with Crippen LogP contribution in [0.25, 0.3) is 0 Å². The van der Waals surface area contributed by atoms with E-state index < -0.39 is 0 Å². The standard InChI is InChI=1S/C18H26N2S/c1-6-10-19-17(18-14(4)20-15(5)21-18)11-16-12(2)8-7-9-13(16)3/h7-9,17,19H,6,10-11H2,1-5H3. The Morgan fingerprint density at radius 3 is 2.33 bits per heavy atom. The van der Waals surface area contributed by atoms with Gasteiger partial charge in [0, 0.05) is 10.9 Å². The van der Waals surface area contributed by atoms with Crippen molar-refractivity contribution in [1.82, 2.24) is 10.3 Å². The lowest BCUT2D eigenvalue weighted by Gasteiger charge is -2.20. The van der Waals surface area contributed by atoms with Crippen LogP contribution in [0.5, 0.6) is 0 Å². The number of aromatic nitrogens is 1. The molecule has 1 aromatic carbocycles. The Labute approximate surface area is 132 Å². The van der Waals surface area contributed by atoms with Crippen molar-refractivity contribution < 1.29 is 0 Å². The molecule has 0 aliphatic heterocycles. The zero-order valence-corrected chi connectivity index (χ0v) is 14.6. The van der Waals surface area contributed by atoms with Gasteiger partial charge in [0.2, 0.25) is 0 Å². The summed E-state index contributed by atoms with van der Waals surface area (Å²) in [5, 5.41) is 4.87. The molecule has 1 aromatic heterocycles. The summed E-state index contributed by atoms with van der Waals surface area (Å²) in [7, 11) is 0.